The minimum absolute atomic E-state index is 0.0832. The molecule has 12 rings (SSSR count). The second kappa shape index (κ2) is 12.8. The highest BCUT2D eigenvalue weighted by molar-refractivity contribution is 5.92. The highest BCUT2D eigenvalue weighted by Crippen LogP contribution is 2.58. The monoisotopic (exact) mass is 722 g/mol. The lowest BCUT2D eigenvalue weighted by molar-refractivity contribution is 0.938. The molecule has 3 aliphatic rings. The van der Waals surface area contributed by atoms with E-state index in [4.69, 9.17) is 0 Å². The van der Waals surface area contributed by atoms with Gasteiger partial charge in [0, 0.05) is 17.8 Å². The van der Waals surface area contributed by atoms with E-state index in [9.17, 15) is 0 Å². The summed E-state index contributed by atoms with van der Waals surface area (Å²) in [6, 6.07) is 79.7. The number of hydrogen-bond donors (Lipinski definition) is 0. The van der Waals surface area contributed by atoms with Crippen LogP contribution in [0.25, 0.3) is 55.6 Å². The van der Waals surface area contributed by atoms with Crippen LogP contribution in [0, 0.1) is 0 Å². The molecule has 0 N–H and O–H groups in total. The maximum Gasteiger partial charge on any atom is 0.0356 e. The third-order valence-electron chi connectivity index (χ3n) is 12.9. The van der Waals surface area contributed by atoms with Crippen LogP contribution in [-0.4, -0.2) is 0 Å². The molecule has 0 fully saturated rings. The van der Waals surface area contributed by atoms with Gasteiger partial charge in [0.15, 0.2) is 0 Å². The van der Waals surface area contributed by atoms with E-state index in [1.165, 1.54) is 106 Å². The first kappa shape index (κ1) is 32.2. The van der Waals surface area contributed by atoms with E-state index in [-0.39, 0.29) is 17.8 Å². The molecule has 57 heavy (non-hydrogen) atoms. The Labute approximate surface area is 334 Å². The van der Waals surface area contributed by atoms with E-state index in [0.717, 1.165) is 0 Å². The standard InChI is InChI=1S/C57H38/c1-3-15-36(16-4-1)40-33-41(37-27-29-39(30-28-37)53-47-23-11-7-19-43(47)44-20-8-12-24-48(44)53)35-42(34-40)55-50-26-14-10-22-46(50)52-32-31-51-45-21-9-13-25-49(45)54(56(51)57(52)55)38-17-5-2-6-18-38/h1-35,53-55H. The number of fused-ring (bicyclic) bond motifs is 10. The minimum Gasteiger partial charge on any atom is -0.0622 e. The molecule has 2 atom stereocenters. The third-order valence-corrected chi connectivity index (χ3v) is 12.9. The maximum absolute atomic E-state index is 2.48. The average molecular weight is 723 g/mol. The fraction of sp³-hybridized carbons (Fsp3) is 0.0526. The molecular formula is C57H38. The Kier molecular flexibility index (Phi) is 7.22. The van der Waals surface area contributed by atoms with Gasteiger partial charge >= 0.3 is 0 Å². The smallest absolute Gasteiger partial charge is 0.0356 e. The van der Waals surface area contributed by atoms with Crippen LogP contribution in [0.2, 0.25) is 0 Å². The Bertz CT molecular complexity index is 2960. The average Bonchev–Trinajstić information content (AvgIpc) is 3.93. The zero-order valence-corrected chi connectivity index (χ0v) is 31.4. The molecule has 0 aliphatic heterocycles. The SMILES string of the molecule is c1ccc(-c2cc(-c3ccc(C4c5ccccc5-c5ccccc54)cc3)cc(C3c4ccccc4-c4ccc5c(c43)C(c3ccccc3)c3ccccc3-5)c2)cc1. The molecule has 9 aromatic rings. The van der Waals surface area contributed by atoms with Crippen molar-refractivity contribution in [3.05, 3.63) is 262 Å². The van der Waals surface area contributed by atoms with Gasteiger partial charge in [0.2, 0.25) is 0 Å². The van der Waals surface area contributed by atoms with E-state index < -0.39 is 0 Å². The van der Waals surface area contributed by atoms with Crippen LogP contribution in [0.3, 0.4) is 0 Å². The van der Waals surface area contributed by atoms with E-state index in [0.29, 0.717) is 0 Å². The number of rotatable bonds is 5. The summed E-state index contributed by atoms with van der Waals surface area (Å²) in [6.07, 6.45) is 0. The molecule has 266 valence electrons. The molecule has 0 bridgehead atoms. The van der Waals surface area contributed by atoms with Crippen molar-refractivity contribution >= 4 is 0 Å². The molecule has 0 heterocycles. The first-order valence-electron chi connectivity index (χ1n) is 20.2. The molecule has 0 saturated heterocycles. The van der Waals surface area contributed by atoms with Crippen LogP contribution < -0.4 is 0 Å². The van der Waals surface area contributed by atoms with Gasteiger partial charge in [0.05, 0.1) is 0 Å². The topological polar surface area (TPSA) is 0 Å². The van der Waals surface area contributed by atoms with Crippen LogP contribution >= 0.6 is 0 Å². The van der Waals surface area contributed by atoms with E-state index in [1.54, 1.807) is 0 Å². The van der Waals surface area contributed by atoms with Crippen molar-refractivity contribution in [1.82, 2.24) is 0 Å². The van der Waals surface area contributed by atoms with Gasteiger partial charge in [0.1, 0.15) is 0 Å². The third kappa shape index (κ3) is 4.94. The van der Waals surface area contributed by atoms with Crippen molar-refractivity contribution in [3.63, 3.8) is 0 Å². The molecule has 0 radical (unpaired) electrons. The van der Waals surface area contributed by atoms with Gasteiger partial charge in [-0.3, -0.25) is 0 Å². The first-order chi connectivity index (χ1) is 28.3. The molecule has 0 spiro atoms. The Hall–Kier alpha value is -7.02. The highest BCUT2D eigenvalue weighted by Gasteiger charge is 2.40. The lowest BCUT2D eigenvalue weighted by Crippen LogP contribution is -2.08. The number of hydrogen-bond acceptors (Lipinski definition) is 0. The van der Waals surface area contributed by atoms with E-state index in [1.807, 2.05) is 0 Å². The van der Waals surface area contributed by atoms with Crippen LogP contribution in [0.4, 0.5) is 0 Å². The van der Waals surface area contributed by atoms with Crippen molar-refractivity contribution < 1.29 is 0 Å². The van der Waals surface area contributed by atoms with E-state index in [2.05, 4.69) is 212 Å². The van der Waals surface area contributed by atoms with Crippen molar-refractivity contribution in [3.8, 4) is 55.6 Å². The molecule has 0 nitrogen and oxygen atoms in total. The van der Waals surface area contributed by atoms with Gasteiger partial charge in [-0.05, 0) is 112 Å². The fourth-order valence-electron chi connectivity index (χ4n) is 10.5. The van der Waals surface area contributed by atoms with Gasteiger partial charge in [-0.25, -0.2) is 0 Å². The van der Waals surface area contributed by atoms with Gasteiger partial charge < -0.3 is 0 Å². The highest BCUT2D eigenvalue weighted by atomic mass is 14.4. The lowest BCUT2D eigenvalue weighted by Gasteiger charge is -2.24. The molecule has 3 aliphatic carbocycles. The van der Waals surface area contributed by atoms with Crippen LogP contribution in [0.15, 0.2) is 212 Å². The number of benzene rings is 9. The predicted octanol–water partition coefficient (Wildman–Crippen LogP) is 14.5. The molecular weight excluding hydrogens is 685 g/mol. The first-order valence-corrected chi connectivity index (χ1v) is 20.2. The predicted molar refractivity (Wildman–Crippen MR) is 236 cm³/mol. The quantitative estimate of drug-likeness (QED) is 0.166. The molecule has 0 aromatic heterocycles. The molecule has 0 heteroatoms. The summed E-state index contributed by atoms with van der Waals surface area (Å²) in [6.45, 7) is 0. The fourth-order valence-corrected chi connectivity index (χ4v) is 10.5. The lowest BCUT2D eigenvalue weighted by atomic mass is 9.79. The summed E-state index contributed by atoms with van der Waals surface area (Å²) in [7, 11) is 0. The van der Waals surface area contributed by atoms with E-state index >= 15 is 0 Å². The summed E-state index contributed by atoms with van der Waals surface area (Å²) in [5, 5.41) is 0. The normalized spacial score (nSPS) is 15.6. The Morgan fingerprint density at radius 1 is 0.211 bits per heavy atom. The molecule has 9 aromatic carbocycles. The van der Waals surface area contributed by atoms with Gasteiger partial charge in [-0.15, -0.1) is 0 Å². The van der Waals surface area contributed by atoms with Crippen molar-refractivity contribution in [2.45, 2.75) is 17.8 Å². The van der Waals surface area contributed by atoms with Gasteiger partial charge in [0.25, 0.3) is 0 Å². The summed E-state index contributed by atoms with van der Waals surface area (Å²) in [5.74, 6) is 0.479. The van der Waals surface area contributed by atoms with Crippen LogP contribution in [0.1, 0.15) is 67.8 Å². The summed E-state index contributed by atoms with van der Waals surface area (Å²) >= 11 is 0. The van der Waals surface area contributed by atoms with Crippen LogP contribution in [0.5, 0.6) is 0 Å². The van der Waals surface area contributed by atoms with Crippen molar-refractivity contribution in [2.24, 2.45) is 0 Å². The zero-order valence-electron chi connectivity index (χ0n) is 31.4. The Morgan fingerprint density at radius 2 is 0.579 bits per heavy atom. The summed E-state index contributed by atoms with van der Waals surface area (Å²) in [5.41, 5.74) is 25.5. The Balaban J connectivity index is 1.05. The second-order valence-electron chi connectivity index (χ2n) is 15.9. The second-order valence-corrected chi connectivity index (χ2v) is 15.9. The Morgan fingerprint density at radius 3 is 1.09 bits per heavy atom. The largest absolute Gasteiger partial charge is 0.0622 e. The zero-order chi connectivity index (χ0) is 37.5. The van der Waals surface area contributed by atoms with Gasteiger partial charge in [-0.1, -0.05) is 206 Å². The van der Waals surface area contributed by atoms with Gasteiger partial charge in [-0.2, -0.15) is 0 Å². The minimum atomic E-state index is 0.0832. The van der Waals surface area contributed by atoms with Crippen molar-refractivity contribution in [2.75, 3.05) is 0 Å². The van der Waals surface area contributed by atoms with Crippen molar-refractivity contribution in [1.29, 1.82) is 0 Å². The molecule has 0 saturated carbocycles. The molecule has 0 amide bonds. The summed E-state index contributed by atoms with van der Waals surface area (Å²) in [4.78, 5) is 0. The maximum atomic E-state index is 2.48. The summed E-state index contributed by atoms with van der Waals surface area (Å²) < 4.78 is 0. The van der Waals surface area contributed by atoms with Crippen LogP contribution in [-0.2, 0) is 0 Å². The molecule has 2 unspecified atom stereocenters.